The Balaban J connectivity index is 1.64. The molecule has 1 unspecified atom stereocenters. The first-order chi connectivity index (χ1) is 16.1. The van der Waals surface area contributed by atoms with E-state index >= 15 is 4.39 Å². The predicted molar refractivity (Wildman–Crippen MR) is 118 cm³/mol. The number of carbonyl (C=O) groups excluding carboxylic acids is 1. The second-order valence-electron chi connectivity index (χ2n) is 8.94. The molecule has 13 heteroatoms. The quantitative estimate of drug-likeness (QED) is 0.604. The Hall–Kier alpha value is -2.48. The molecule has 3 atom stereocenters. The third kappa shape index (κ3) is 4.21. The molecule has 0 bridgehead atoms. The Bertz CT molecular complexity index is 1200. The smallest absolute Gasteiger partial charge is 0.416 e. The lowest BCUT2D eigenvalue weighted by atomic mass is 10.0. The number of morpholine rings is 1. The van der Waals surface area contributed by atoms with E-state index in [0.717, 1.165) is 11.2 Å². The second kappa shape index (κ2) is 8.63. The molecule has 1 aromatic carbocycles. The van der Waals surface area contributed by atoms with Crippen molar-refractivity contribution in [3.63, 3.8) is 0 Å². The summed E-state index contributed by atoms with van der Waals surface area (Å²) >= 11 is 0. The molecule has 3 aliphatic rings. The number of fused-ring (bicyclic) bond motifs is 1. The van der Waals surface area contributed by atoms with Gasteiger partial charge < -0.3 is 28.4 Å². The molecule has 4 heterocycles. The van der Waals surface area contributed by atoms with Crippen LogP contribution in [0.25, 0.3) is 11.0 Å². The average molecular weight is 500 g/mol. The van der Waals surface area contributed by atoms with Crippen LogP contribution in [0.2, 0.25) is 0 Å². The number of anilines is 2. The van der Waals surface area contributed by atoms with Gasteiger partial charge in [-0.1, -0.05) is 5.16 Å². The Kier molecular flexibility index (Phi) is 5.91. The van der Waals surface area contributed by atoms with Crippen molar-refractivity contribution in [2.45, 2.75) is 38.4 Å². The molecule has 5 rings (SSSR count). The maximum absolute atomic E-state index is 16.0. The molecule has 3 aliphatic heterocycles. The van der Waals surface area contributed by atoms with E-state index in [2.05, 4.69) is 5.16 Å². The summed E-state index contributed by atoms with van der Waals surface area (Å²) in [5.74, 6) is -1.02. The van der Waals surface area contributed by atoms with E-state index in [9.17, 15) is 13.2 Å². The van der Waals surface area contributed by atoms with Crippen molar-refractivity contribution in [2.24, 2.45) is 0 Å². The number of benzene rings is 1. The van der Waals surface area contributed by atoms with Gasteiger partial charge in [-0.25, -0.2) is 17.6 Å². The van der Waals surface area contributed by atoms with Crippen LogP contribution < -0.4 is 9.80 Å². The highest BCUT2D eigenvalue weighted by molar-refractivity contribution is 7.90. The van der Waals surface area contributed by atoms with Crippen LogP contribution in [0.5, 0.6) is 0 Å². The van der Waals surface area contributed by atoms with E-state index < -0.39 is 34.1 Å². The second-order valence-corrected chi connectivity index (χ2v) is 11.1. The van der Waals surface area contributed by atoms with Crippen molar-refractivity contribution >= 4 is 38.4 Å². The van der Waals surface area contributed by atoms with Crippen LogP contribution in [-0.2, 0) is 28.8 Å². The third-order valence-electron chi connectivity index (χ3n) is 5.99. The Morgan fingerprint density at radius 2 is 1.85 bits per heavy atom. The first-order valence-electron chi connectivity index (χ1n) is 11.0. The number of nitrogens with zero attached hydrogens (tertiary/aromatic N) is 3. The van der Waals surface area contributed by atoms with Crippen molar-refractivity contribution in [1.82, 2.24) is 5.16 Å². The molecule has 1 amide bonds. The van der Waals surface area contributed by atoms with Gasteiger partial charge in [0.05, 0.1) is 48.3 Å². The van der Waals surface area contributed by atoms with E-state index in [-0.39, 0.29) is 47.0 Å². The number of sulfone groups is 1. The molecule has 11 nitrogen and oxygen atoms in total. The van der Waals surface area contributed by atoms with Crippen LogP contribution in [0, 0.1) is 5.82 Å². The van der Waals surface area contributed by atoms with Gasteiger partial charge in [0.25, 0.3) is 0 Å². The molecule has 0 aliphatic carbocycles. The van der Waals surface area contributed by atoms with E-state index in [0.29, 0.717) is 31.9 Å². The summed E-state index contributed by atoms with van der Waals surface area (Å²) in [5.41, 5.74) is 0.539. The normalized spacial score (nSPS) is 26.6. The van der Waals surface area contributed by atoms with Gasteiger partial charge in [-0.15, -0.1) is 0 Å². The lowest BCUT2D eigenvalue weighted by Gasteiger charge is -2.38. The minimum absolute atomic E-state index is 0.0143. The fourth-order valence-corrected chi connectivity index (χ4v) is 5.74. The molecule has 1 aromatic heterocycles. The maximum atomic E-state index is 16.0. The zero-order valence-corrected chi connectivity index (χ0v) is 19.8. The van der Waals surface area contributed by atoms with Gasteiger partial charge in [-0.3, -0.25) is 4.90 Å². The van der Waals surface area contributed by atoms with Gasteiger partial charge in [0.1, 0.15) is 16.4 Å². The minimum atomic E-state index is -3.43. The number of ether oxygens (including phenoxy) is 4. The number of rotatable bonds is 5. The summed E-state index contributed by atoms with van der Waals surface area (Å²) < 4.78 is 67.4. The van der Waals surface area contributed by atoms with E-state index in [1.807, 2.05) is 18.7 Å². The zero-order valence-electron chi connectivity index (χ0n) is 19.0. The molecule has 3 fully saturated rings. The first kappa shape index (κ1) is 23.3. The lowest BCUT2D eigenvalue weighted by Crippen LogP contribution is -2.46. The monoisotopic (exact) mass is 499 g/mol. The molecular formula is C21H26FN3O8S. The molecule has 186 valence electrons. The maximum Gasteiger partial charge on any atom is 0.416 e. The Labute approximate surface area is 195 Å². The van der Waals surface area contributed by atoms with Crippen LogP contribution in [0.15, 0.2) is 10.6 Å². The van der Waals surface area contributed by atoms with Crippen LogP contribution in [0.3, 0.4) is 0 Å². The first-order valence-corrected chi connectivity index (χ1v) is 13.1. The Morgan fingerprint density at radius 1 is 1.18 bits per heavy atom. The van der Waals surface area contributed by atoms with Crippen LogP contribution in [0.1, 0.15) is 25.7 Å². The van der Waals surface area contributed by atoms with Crippen LogP contribution in [0.4, 0.5) is 20.7 Å². The van der Waals surface area contributed by atoms with Gasteiger partial charge in [-0.05, 0) is 19.9 Å². The van der Waals surface area contributed by atoms with Gasteiger partial charge >= 0.3 is 6.09 Å². The highest BCUT2D eigenvalue weighted by atomic mass is 32.2. The van der Waals surface area contributed by atoms with Gasteiger partial charge in [0.2, 0.25) is 5.58 Å². The molecular weight excluding hydrogens is 473 g/mol. The Morgan fingerprint density at radius 3 is 2.50 bits per heavy atom. The number of hydrogen-bond donors (Lipinski definition) is 0. The van der Waals surface area contributed by atoms with Gasteiger partial charge in [0.15, 0.2) is 17.9 Å². The summed E-state index contributed by atoms with van der Waals surface area (Å²) in [6.45, 7) is 5.29. The molecule has 0 N–H and O–H groups in total. The number of amides is 1. The summed E-state index contributed by atoms with van der Waals surface area (Å²) in [7, 11) is -3.43. The summed E-state index contributed by atoms with van der Waals surface area (Å²) in [6, 6.07) is 0.811. The summed E-state index contributed by atoms with van der Waals surface area (Å²) in [6.07, 6.45) is -0.781. The van der Waals surface area contributed by atoms with E-state index in [1.54, 1.807) is 6.07 Å². The number of cyclic esters (lactones) is 1. The summed E-state index contributed by atoms with van der Waals surface area (Å²) in [5, 5.41) is 4.14. The molecule has 0 spiro atoms. The van der Waals surface area contributed by atoms with Crippen molar-refractivity contribution in [3.8, 4) is 0 Å². The zero-order chi connectivity index (χ0) is 24.2. The van der Waals surface area contributed by atoms with E-state index in [1.165, 1.54) is 0 Å². The minimum Gasteiger partial charge on any atom is -0.447 e. The van der Waals surface area contributed by atoms with E-state index in [4.69, 9.17) is 23.5 Å². The number of halogens is 1. The molecule has 0 radical (unpaired) electrons. The SMILES string of the molecule is C[C@@H]1CN(c2c(C3OCCO3)cc3c(N4C(=O)OCC4CS(C)(=O)=O)noc3c2F)C[C@@H](C)O1. The topological polar surface area (TPSA) is 121 Å². The predicted octanol–water partition coefficient (Wildman–Crippen LogP) is 2.00. The largest absolute Gasteiger partial charge is 0.447 e. The van der Waals surface area contributed by atoms with Crippen molar-refractivity contribution in [2.75, 3.05) is 54.7 Å². The molecule has 3 saturated heterocycles. The highest BCUT2D eigenvalue weighted by Crippen LogP contribution is 2.42. The number of hydrogen-bond acceptors (Lipinski definition) is 10. The summed E-state index contributed by atoms with van der Waals surface area (Å²) in [4.78, 5) is 15.5. The fraction of sp³-hybridized carbons (Fsp3) is 0.619. The highest BCUT2D eigenvalue weighted by Gasteiger charge is 2.41. The standard InChI is InChI=1S/C21H26FN3O8S/c1-11-7-24(8-12(2)32-11)17-14(20-29-4-5-30-20)6-15-18(16(17)22)33-23-19(15)25-13(9-31-21(25)26)10-34(3,27)28/h6,11-13,20H,4-5,7-10H2,1-3H3/t11-,12-,13?/m1/s1. The van der Waals surface area contributed by atoms with Crippen molar-refractivity contribution in [1.29, 1.82) is 0 Å². The van der Waals surface area contributed by atoms with Crippen LogP contribution >= 0.6 is 0 Å². The van der Waals surface area contributed by atoms with Crippen molar-refractivity contribution < 1.29 is 41.1 Å². The lowest BCUT2D eigenvalue weighted by molar-refractivity contribution is -0.0445. The number of aromatic nitrogens is 1. The fourth-order valence-electron chi connectivity index (χ4n) is 4.80. The van der Waals surface area contributed by atoms with Crippen molar-refractivity contribution in [3.05, 3.63) is 17.4 Å². The average Bonchev–Trinajstić information content (AvgIpc) is 3.46. The van der Waals surface area contributed by atoms with Gasteiger partial charge in [-0.2, -0.15) is 0 Å². The van der Waals surface area contributed by atoms with Gasteiger partial charge in [0, 0.05) is 24.9 Å². The van der Waals surface area contributed by atoms with Crippen LogP contribution in [-0.4, -0.2) is 82.8 Å². The molecule has 2 aromatic rings. The third-order valence-corrected chi connectivity index (χ3v) is 6.98. The number of carbonyl (C=O) groups is 1. The molecule has 0 saturated carbocycles. The molecule has 34 heavy (non-hydrogen) atoms.